The molecule has 0 unspecified atom stereocenters. The summed E-state index contributed by atoms with van der Waals surface area (Å²) in [5, 5.41) is 0. The SMILES string of the molecule is Nc1ccnc(OCC(F)(F)C(F)F)c1. The van der Waals surface area contributed by atoms with Crippen molar-refractivity contribution in [3.63, 3.8) is 0 Å². The number of anilines is 1. The highest BCUT2D eigenvalue weighted by Crippen LogP contribution is 2.23. The second kappa shape index (κ2) is 4.33. The van der Waals surface area contributed by atoms with Gasteiger partial charge in [-0.1, -0.05) is 0 Å². The van der Waals surface area contributed by atoms with Crippen molar-refractivity contribution in [1.82, 2.24) is 4.98 Å². The van der Waals surface area contributed by atoms with Crippen LogP contribution in [0.5, 0.6) is 5.88 Å². The van der Waals surface area contributed by atoms with Crippen LogP contribution >= 0.6 is 0 Å². The van der Waals surface area contributed by atoms with Crippen LogP contribution in [0.3, 0.4) is 0 Å². The summed E-state index contributed by atoms with van der Waals surface area (Å²) in [6.45, 7) is -1.43. The molecule has 1 rings (SSSR count). The minimum atomic E-state index is -4.19. The number of rotatable bonds is 4. The molecule has 0 atom stereocenters. The van der Waals surface area contributed by atoms with E-state index in [4.69, 9.17) is 5.73 Å². The van der Waals surface area contributed by atoms with Gasteiger partial charge in [-0.3, -0.25) is 0 Å². The summed E-state index contributed by atoms with van der Waals surface area (Å²) in [7, 11) is 0. The lowest BCUT2D eigenvalue weighted by atomic mass is 10.4. The Morgan fingerprint density at radius 3 is 2.67 bits per heavy atom. The van der Waals surface area contributed by atoms with Crippen LogP contribution in [0.25, 0.3) is 0 Å². The summed E-state index contributed by atoms with van der Waals surface area (Å²) in [5.41, 5.74) is 5.55. The molecule has 1 heterocycles. The Hall–Kier alpha value is -1.53. The van der Waals surface area contributed by atoms with Gasteiger partial charge in [0.15, 0.2) is 6.61 Å². The highest BCUT2D eigenvalue weighted by Gasteiger charge is 2.41. The maximum Gasteiger partial charge on any atom is 0.340 e. The zero-order chi connectivity index (χ0) is 11.5. The number of hydrogen-bond acceptors (Lipinski definition) is 3. The Morgan fingerprint density at radius 1 is 1.47 bits per heavy atom. The van der Waals surface area contributed by atoms with Gasteiger partial charge in [0.1, 0.15) is 0 Å². The van der Waals surface area contributed by atoms with Crippen molar-refractivity contribution >= 4 is 5.69 Å². The third-order valence-corrected chi connectivity index (χ3v) is 1.49. The van der Waals surface area contributed by atoms with E-state index in [2.05, 4.69) is 9.72 Å². The number of pyridine rings is 1. The largest absolute Gasteiger partial charge is 0.471 e. The average Bonchev–Trinajstić information content (AvgIpc) is 2.15. The lowest BCUT2D eigenvalue weighted by Crippen LogP contribution is -2.33. The summed E-state index contributed by atoms with van der Waals surface area (Å²) >= 11 is 0. The van der Waals surface area contributed by atoms with Gasteiger partial charge in [0.05, 0.1) is 0 Å². The van der Waals surface area contributed by atoms with Crippen molar-refractivity contribution in [2.75, 3.05) is 12.3 Å². The first-order chi connectivity index (χ1) is 6.92. The summed E-state index contributed by atoms with van der Waals surface area (Å²) in [4.78, 5) is 3.52. The van der Waals surface area contributed by atoms with E-state index < -0.39 is 19.0 Å². The highest BCUT2D eigenvalue weighted by atomic mass is 19.3. The fourth-order valence-corrected chi connectivity index (χ4v) is 0.737. The molecule has 0 radical (unpaired) electrons. The molecular formula is C8H8F4N2O. The monoisotopic (exact) mass is 224 g/mol. The molecule has 1 aromatic heterocycles. The minimum absolute atomic E-state index is 0.213. The first kappa shape index (κ1) is 11.5. The molecule has 15 heavy (non-hydrogen) atoms. The van der Waals surface area contributed by atoms with E-state index in [9.17, 15) is 17.6 Å². The van der Waals surface area contributed by atoms with Gasteiger partial charge in [0.25, 0.3) is 0 Å². The molecule has 0 amide bonds. The summed E-state index contributed by atoms with van der Waals surface area (Å²) in [6.07, 6.45) is -2.54. The van der Waals surface area contributed by atoms with Crippen molar-refractivity contribution in [2.45, 2.75) is 12.3 Å². The van der Waals surface area contributed by atoms with Crippen LogP contribution in [0.1, 0.15) is 0 Å². The molecule has 1 aromatic rings. The number of nitrogen functional groups attached to an aromatic ring is 1. The predicted molar refractivity (Wildman–Crippen MR) is 45.1 cm³/mol. The number of ether oxygens (including phenoxy) is 1. The van der Waals surface area contributed by atoms with E-state index in [0.717, 1.165) is 0 Å². The quantitative estimate of drug-likeness (QED) is 0.795. The van der Waals surface area contributed by atoms with Crippen molar-refractivity contribution in [3.05, 3.63) is 18.3 Å². The Kier molecular flexibility index (Phi) is 3.33. The number of aromatic nitrogens is 1. The van der Waals surface area contributed by atoms with E-state index in [1.807, 2.05) is 0 Å². The number of alkyl halides is 4. The van der Waals surface area contributed by atoms with Crippen LogP contribution in [0.4, 0.5) is 23.2 Å². The van der Waals surface area contributed by atoms with Gasteiger partial charge in [-0.15, -0.1) is 0 Å². The van der Waals surface area contributed by atoms with Crippen molar-refractivity contribution in [1.29, 1.82) is 0 Å². The molecule has 0 aliphatic carbocycles. The Bertz CT molecular complexity index is 332. The number of nitrogens with two attached hydrogens (primary N) is 1. The van der Waals surface area contributed by atoms with Gasteiger partial charge in [0, 0.05) is 18.0 Å². The molecule has 0 fully saturated rings. The van der Waals surface area contributed by atoms with Crippen LogP contribution < -0.4 is 10.5 Å². The van der Waals surface area contributed by atoms with Crippen molar-refractivity contribution in [2.24, 2.45) is 0 Å². The smallest absolute Gasteiger partial charge is 0.340 e. The molecule has 0 aromatic carbocycles. The lowest BCUT2D eigenvalue weighted by Gasteiger charge is -2.15. The molecule has 0 spiro atoms. The van der Waals surface area contributed by atoms with Crippen LogP contribution in [0.2, 0.25) is 0 Å². The minimum Gasteiger partial charge on any atom is -0.471 e. The van der Waals surface area contributed by atoms with Gasteiger partial charge in [-0.25, -0.2) is 13.8 Å². The van der Waals surface area contributed by atoms with Gasteiger partial charge in [-0.05, 0) is 6.07 Å². The van der Waals surface area contributed by atoms with E-state index in [1.165, 1.54) is 18.3 Å². The molecule has 84 valence electrons. The standard InChI is InChI=1S/C8H8F4N2O/c9-7(10)8(11,12)4-15-6-3-5(13)1-2-14-6/h1-3,7H,4H2,(H2,13,14). The average molecular weight is 224 g/mol. The molecular weight excluding hydrogens is 216 g/mol. The maximum absolute atomic E-state index is 12.4. The van der Waals surface area contributed by atoms with Gasteiger partial charge < -0.3 is 10.5 Å². The van der Waals surface area contributed by atoms with Crippen LogP contribution in [-0.2, 0) is 0 Å². The Balaban J connectivity index is 2.57. The fraction of sp³-hybridized carbons (Fsp3) is 0.375. The molecule has 7 heteroatoms. The lowest BCUT2D eigenvalue weighted by molar-refractivity contribution is -0.148. The van der Waals surface area contributed by atoms with Crippen LogP contribution in [0, 0.1) is 0 Å². The fourth-order valence-electron chi connectivity index (χ4n) is 0.737. The van der Waals surface area contributed by atoms with E-state index in [0.29, 0.717) is 0 Å². The zero-order valence-corrected chi connectivity index (χ0v) is 7.46. The second-order valence-corrected chi connectivity index (χ2v) is 2.78. The number of hydrogen-bond donors (Lipinski definition) is 1. The molecule has 0 aliphatic rings. The van der Waals surface area contributed by atoms with E-state index in [1.54, 1.807) is 0 Å². The number of nitrogens with zero attached hydrogens (tertiary/aromatic N) is 1. The molecule has 3 nitrogen and oxygen atoms in total. The van der Waals surface area contributed by atoms with Crippen molar-refractivity contribution < 1.29 is 22.3 Å². The summed E-state index contributed by atoms with van der Waals surface area (Å²) < 4.78 is 52.6. The normalized spacial score (nSPS) is 11.8. The van der Waals surface area contributed by atoms with Gasteiger partial charge in [-0.2, -0.15) is 8.78 Å². The van der Waals surface area contributed by atoms with Gasteiger partial charge in [0.2, 0.25) is 5.88 Å². The van der Waals surface area contributed by atoms with Crippen molar-refractivity contribution in [3.8, 4) is 5.88 Å². The second-order valence-electron chi connectivity index (χ2n) is 2.78. The first-order valence-electron chi connectivity index (χ1n) is 3.92. The number of halogens is 4. The van der Waals surface area contributed by atoms with E-state index >= 15 is 0 Å². The van der Waals surface area contributed by atoms with Crippen LogP contribution in [-0.4, -0.2) is 23.9 Å². The first-order valence-corrected chi connectivity index (χ1v) is 3.92. The predicted octanol–water partition coefficient (Wildman–Crippen LogP) is 1.94. The molecule has 0 bridgehead atoms. The van der Waals surface area contributed by atoms with Crippen LogP contribution in [0.15, 0.2) is 18.3 Å². The Morgan fingerprint density at radius 2 is 2.13 bits per heavy atom. The highest BCUT2D eigenvalue weighted by molar-refractivity contribution is 5.39. The summed E-state index contributed by atoms with van der Waals surface area (Å²) in [5.74, 6) is -4.40. The Labute approximate surface area is 82.9 Å². The van der Waals surface area contributed by atoms with E-state index in [-0.39, 0.29) is 11.6 Å². The maximum atomic E-state index is 12.4. The van der Waals surface area contributed by atoms with Gasteiger partial charge >= 0.3 is 12.3 Å². The molecule has 0 aliphatic heterocycles. The third-order valence-electron chi connectivity index (χ3n) is 1.49. The molecule has 2 N–H and O–H groups in total. The topological polar surface area (TPSA) is 48.1 Å². The zero-order valence-electron chi connectivity index (χ0n) is 7.46. The third kappa shape index (κ3) is 3.26. The summed E-state index contributed by atoms with van der Waals surface area (Å²) in [6, 6.07) is 2.58. The molecule has 0 saturated carbocycles. The molecule has 0 saturated heterocycles.